The predicted molar refractivity (Wildman–Crippen MR) is 57.5 cm³/mol. The Hall–Kier alpha value is 0.0500. The van der Waals surface area contributed by atoms with Gasteiger partial charge in [0.2, 0.25) is 0 Å². The van der Waals surface area contributed by atoms with E-state index in [2.05, 4.69) is 32.6 Å². The molecule has 1 aliphatic heterocycles. The second-order valence-corrected chi connectivity index (χ2v) is 5.03. The number of nitrogens with zero attached hydrogens (tertiary/aromatic N) is 1. The van der Waals surface area contributed by atoms with Gasteiger partial charge < -0.3 is 0 Å². The van der Waals surface area contributed by atoms with Gasteiger partial charge in [-0.2, -0.15) is 0 Å². The first kappa shape index (κ1) is 10.1. The summed E-state index contributed by atoms with van der Waals surface area (Å²) in [5, 5.41) is 0. The van der Waals surface area contributed by atoms with Crippen LogP contribution in [0.4, 0.5) is 0 Å². The molecule has 0 radical (unpaired) electrons. The largest absolute Gasteiger partial charge is 0.295 e. The molecule has 2 heteroatoms. The average Bonchev–Trinajstić information content (AvgIpc) is 2.04. The van der Waals surface area contributed by atoms with E-state index in [1.807, 2.05) is 11.8 Å². The van der Waals surface area contributed by atoms with Crippen LogP contribution in [-0.4, -0.2) is 29.8 Å². The van der Waals surface area contributed by atoms with E-state index in [1.54, 1.807) is 4.91 Å². The van der Waals surface area contributed by atoms with Crippen molar-refractivity contribution in [3.63, 3.8) is 0 Å². The van der Waals surface area contributed by atoms with Gasteiger partial charge in [0, 0.05) is 24.9 Å². The highest BCUT2D eigenvalue weighted by Crippen LogP contribution is 2.26. The zero-order valence-corrected chi connectivity index (χ0v) is 9.37. The standard InChI is InChI=1S/C10H19NS/c1-8(2)10-7-11(9(3)4)5-6-12-10/h9H,5-7H2,1-4H3. The van der Waals surface area contributed by atoms with Gasteiger partial charge in [-0.1, -0.05) is 5.57 Å². The van der Waals surface area contributed by atoms with Crippen LogP contribution < -0.4 is 0 Å². The molecule has 1 nitrogen and oxygen atoms in total. The summed E-state index contributed by atoms with van der Waals surface area (Å²) in [6.45, 7) is 11.4. The van der Waals surface area contributed by atoms with Crippen molar-refractivity contribution < 1.29 is 0 Å². The van der Waals surface area contributed by atoms with E-state index in [9.17, 15) is 0 Å². The quantitative estimate of drug-likeness (QED) is 0.618. The number of allylic oxidation sites excluding steroid dienone is 1. The fourth-order valence-electron chi connectivity index (χ4n) is 1.34. The third-order valence-corrected chi connectivity index (χ3v) is 3.56. The van der Waals surface area contributed by atoms with Crippen molar-refractivity contribution in [2.24, 2.45) is 0 Å². The molecule has 0 saturated carbocycles. The van der Waals surface area contributed by atoms with Crippen molar-refractivity contribution in [2.75, 3.05) is 18.8 Å². The topological polar surface area (TPSA) is 3.24 Å². The monoisotopic (exact) mass is 185 g/mol. The second-order valence-electron chi connectivity index (χ2n) is 3.84. The molecule has 1 saturated heterocycles. The van der Waals surface area contributed by atoms with Crippen molar-refractivity contribution in [3.05, 3.63) is 10.5 Å². The molecule has 70 valence electrons. The zero-order valence-electron chi connectivity index (χ0n) is 8.55. The zero-order chi connectivity index (χ0) is 9.14. The van der Waals surface area contributed by atoms with E-state index in [4.69, 9.17) is 0 Å². The maximum absolute atomic E-state index is 2.54. The molecular formula is C10H19NS. The Morgan fingerprint density at radius 3 is 2.58 bits per heavy atom. The predicted octanol–water partition coefficient (Wildman–Crippen LogP) is 2.74. The number of hydrogen-bond donors (Lipinski definition) is 0. The fraction of sp³-hybridized carbons (Fsp3) is 0.800. The van der Waals surface area contributed by atoms with E-state index in [1.165, 1.54) is 24.4 Å². The number of hydrogen-bond acceptors (Lipinski definition) is 2. The van der Waals surface area contributed by atoms with Gasteiger partial charge in [-0.3, -0.25) is 4.90 Å². The van der Waals surface area contributed by atoms with Gasteiger partial charge in [-0.05, 0) is 32.6 Å². The lowest BCUT2D eigenvalue weighted by atomic mass is 10.2. The molecule has 0 N–H and O–H groups in total. The van der Waals surface area contributed by atoms with Crippen LogP contribution in [0.15, 0.2) is 10.5 Å². The summed E-state index contributed by atoms with van der Waals surface area (Å²) in [6.07, 6.45) is 0. The molecule has 0 atom stereocenters. The number of thioether (sulfide) groups is 1. The fourth-order valence-corrected chi connectivity index (χ4v) is 2.46. The summed E-state index contributed by atoms with van der Waals surface area (Å²) >= 11 is 2.03. The molecule has 0 amide bonds. The van der Waals surface area contributed by atoms with E-state index >= 15 is 0 Å². The van der Waals surface area contributed by atoms with Crippen molar-refractivity contribution in [2.45, 2.75) is 33.7 Å². The molecular weight excluding hydrogens is 166 g/mol. The Labute approximate surface area is 80.2 Å². The minimum atomic E-state index is 0.695. The van der Waals surface area contributed by atoms with Crippen LogP contribution in [0.1, 0.15) is 27.7 Å². The Kier molecular flexibility index (Phi) is 3.66. The first-order chi connectivity index (χ1) is 5.61. The minimum absolute atomic E-state index is 0.695. The van der Waals surface area contributed by atoms with Crippen molar-refractivity contribution in [3.8, 4) is 0 Å². The molecule has 1 aliphatic rings. The van der Waals surface area contributed by atoms with Crippen LogP contribution in [0, 0.1) is 0 Å². The molecule has 1 heterocycles. The molecule has 0 aromatic heterocycles. The van der Waals surface area contributed by atoms with E-state index in [0.717, 1.165) is 0 Å². The molecule has 1 rings (SSSR count). The van der Waals surface area contributed by atoms with Crippen LogP contribution in [0.5, 0.6) is 0 Å². The highest BCUT2D eigenvalue weighted by molar-refractivity contribution is 8.03. The SMILES string of the molecule is CC(C)=C1CN(C(C)C)CCS1. The summed E-state index contributed by atoms with van der Waals surface area (Å²) in [5.41, 5.74) is 1.49. The average molecular weight is 185 g/mol. The normalized spacial score (nSPS) is 20.2. The van der Waals surface area contributed by atoms with Gasteiger partial charge in [0.15, 0.2) is 0 Å². The van der Waals surface area contributed by atoms with E-state index in [-0.39, 0.29) is 0 Å². The van der Waals surface area contributed by atoms with Gasteiger partial charge in [0.25, 0.3) is 0 Å². The van der Waals surface area contributed by atoms with Crippen LogP contribution in [-0.2, 0) is 0 Å². The molecule has 0 bridgehead atoms. The Balaban J connectivity index is 2.58. The minimum Gasteiger partial charge on any atom is -0.295 e. The van der Waals surface area contributed by atoms with Crippen LogP contribution in [0.2, 0.25) is 0 Å². The van der Waals surface area contributed by atoms with Gasteiger partial charge >= 0.3 is 0 Å². The van der Waals surface area contributed by atoms with Crippen molar-refractivity contribution in [1.82, 2.24) is 4.90 Å². The summed E-state index contributed by atoms with van der Waals surface area (Å²) in [4.78, 5) is 4.12. The Bertz CT molecular complexity index is 180. The summed E-state index contributed by atoms with van der Waals surface area (Å²) in [6, 6.07) is 0.695. The highest BCUT2D eigenvalue weighted by Gasteiger charge is 2.17. The Morgan fingerprint density at radius 1 is 1.42 bits per heavy atom. The molecule has 0 aromatic rings. The third-order valence-electron chi connectivity index (χ3n) is 2.29. The van der Waals surface area contributed by atoms with Crippen molar-refractivity contribution >= 4 is 11.8 Å². The molecule has 0 spiro atoms. The first-order valence-corrected chi connectivity index (χ1v) is 5.63. The first-order valence-electron chi connectivity index (χ1n) is 4.64. The summed E-state index contributed by atoms with van der Waals surface area (Å²) in [5.74, 6) is 1.26. The number of rotatable bonds is 1. The third kappa shape index (κ3) is 2.53. The molecule has 0 aliphatic carbocycles. The molecule has 12 heavy (non-hydrogen) atoms. The van der Waals surface area contributed by atoms with Crippen LogP contribution >= 0.6 is 11.8 Å². The lowest BCUT2D eigenvalue weighted by molar-refractivity contribution is 0.255. The van der Waals surface area contributed by atoms with Crippen LogP contribution in [0.3, 0.4) is 0 Å². The smallest absolute Gasteiger partial charge is 0.0295 e. The van der Waals surface area contributed by atoms with Crippen molar-refractivity contribution in [1.29, 1.82) is 0 Å². The van der Waals surface area contributed by atoms with Crippen LogP contribution in [0.25, 0.3) is 0 Å². The molecule has 0 aromatic carbocycles. The van der Waals surface area contributed by atoms with E-state index < -0.39 is 0 Å². The second kappa shape index (κ2) is 4.33. The maximum atomic E-state index is 2.54. The summed E-state index contributed by atoms with van der Waals surface area (Å²) < 4.78 is 0. The highest BCUT2D eigenvalue weighted by atomic mass is 32.2. The van der Waals surface area contributed by atoms with E-state index in [0.29, 0.717) is 6.04 Å². The maximum Gasteiger partial charge on any atom is 0.0295 e. The van der Waals surface area contributed by atoms with Gasteiger partial charge in [0.1, 0.15) is 0 Å². The van der Waals surface area contributed by atoms with Gasteiger partial charge in [0.05, 0.1) is 0 Å². The lowest BCUT2D eigenvalue weighted by Crippen LogP contribution is -2.37. The summed E-state index contributed by atoms with van der Waals surface area (Å²) in [7, 11) is 0. The van der Waals surface area contributed by atoms with Gasteiger partial charge in [-0.25, -0.2) is 0 Å². The lowest BCUT2D eigenvalue weighted by Gasteiger charge is -2.32. The van der Waals surface area contributed by atoms with Gasteiger partial charge in [-0.15, -0.1) is 11.8 Å². The molecule has 1 fully saturated rings. The molecule has 0 unspecified atom stereocenters. The Morgan fingerprint density at radius 2 is 2.08 bits per heavy atom.